The molecule has 0 bridgehead atoms. The van der Waals surface area contributed by atoms with Gasteiger partial charge in [-0.25, -0.2) is 4.79 Å². The molecule has 1 amide bonds. The van der Waals surface area contributed by atoms with E-state index in [-0.39, 0.29) is 20.6 Å². The highest BCUT2D eigenvalue weighted by Gasteiger charge is 2.15. The van der Waals surface area contributed by atoms with E-state index in [4.69, 9.17) is 11.6 Å². The first-order valence-corrected chi connectivity index (χ1v) is 8.90. The summed E-state index contributed by atoms with van der Waals surface area (Å²) >= 11 is 7.23. The first-order valence-electron chi connectivity index (χ1n) is 7.71. The summed E-state index contributed by atoms with van der Waals surface area (Å²) < 4.78 is 2.26. The Hall–Kier alpha value is -3.04. The number of aryl methyl sites for hydroxylation is 1. The third-order valence-corrected chi connectivity index (χ3v) is 4.97. The van der Waals surface area contributed by atoms with Gasteiger partial charge in [-0.2, -0.15) is 0 Å². The van der Waals surface area contributed by atoms with Crippen molar-refractivity contribution in [3.8, 4) is 0 Å². The van der Waals surface area contributed by atoms with Crippen LogP contribution in [0.3, 0.4) is 0 Å². The van der Waals surface area contributed by atoms with E-state index in [1.54, 1.807) is 24.3 Å². The molecule has 0 aliphatic rings. The van der Waals surface area contributed by atoms with Gasteiger partial charge in [0.2, 0.25) is 5.01 Å². The molecule has 1 aromatic carbocycles. The molecule has 10 heteroatoms. The maximum Gasteiger partial charge on any atom is 0.330 e. The molecule has 2 heterocycles. The average Bonchev–Trinajstić information content (AvgIpc) is 3.15. The van der Waals surface area contributed by atoms with Gasteiger partial charge in [-0.15, -0.1) is 10.2 Å². The lowest BCUT2D eigenvalue weighted by molar-refractivity contribution is 0.102. The smallest absolute Gasteiger partial charge is 0.320 e. The quantitative estimate of drug-likeness (QED) is 0.717. The fourth-order valence-electron chi connectivity index (χ4n) is 2.25. The van der Waals surface area contributed by atoms with Crippen molar-refractivity contribution in [2.24, 2.45) is 14.1 Å². The second-order valence-corrected chi connectivity index (χ2v) is 6.95. The predicted molar refractivity (Wildman–Crippen MR) is 105 cm³/mol. The molecular formula is C17H14ClN5O3S. The Morgan fingerprint density at radius 3 is 2.52 bits per heavy atom. The number of hydrogen-bond donors (Lipinski definition) is 1. The van der Waals surface area contributed by atoms with Crippen LogP contribution in [0.1, 0.15) is 20.4 Å². The van der Waals surface area contributed by atoms with Crippen LogP contribution in [0.15, 0.2) is 46.1 Å². The lowest BCUT2D eigenvalue weighted by Crippen LogP contribution is -2.37. The molecule has 0 atom stereocenters. The van der Waals surface area contributed by atoms with Crippen LogP contribution in [0.25, 0.3) is 11.1 Å². The minimum Gasteiger partial charge on any atom is -0.320 e. The fourth-order valence-corrected chi connectivity index (χ4v) is 3.17. The first-order chi connectivity index (χ1) is 12.9. The number of anilines is 1. The van der Waals surface area contributed by atoms with Gasteiger partial charge in [0.05, 0.1) is 10.6 Å². The van der Waals surface area contributed by atoms with Crippen molar-refractivity contribution < 1.29 is 4.79 Å². The van der Waals surface area contributed by atoms with Gasteiger partial charge in [-0.05, 0) is 18.2 Å². The number of aromatic nitrogens is 4. The third kappa shape index (κ3) is 4.04. The van der Waals surface area contributed by atoms with Crippen LogP contribution in [0.4, 0.5) is 5.69 Å². The highest BCUT2D eigenvalue weighted by molar-refractivity contribution is 7.15. The van der Waals surface area contributed by atoms with Gasteiger partial charge in [0.15, 0.2) is 5.01 Å². The number of carbonyl (C=O) groups excluding carboxylic acids is 1. The van der Waals surface area contributed by atoms with Crippen molar-refractivity contribution in [3.05, 3.63) is 72.9 Å². The number of halogens is 1. The summed E-state index contributed by atoms with van der Waals surface area (Å²) in [4.78, 5) is 36.1. The van der Waals surface area contributed by atoms with Crippen molar-refractivity contribution >= 4 is 45.6 Å². The average molecular weight is 404 g/mol. The number of hydrogen-bond acceptors (Lipinski definition) is 6. The van der Waals surface area contributed by atoms with Crippen LogP contribution in [0.5, 0.6) is 0 Å². The van der Waals surface area contributed by atoms with Gasteiger partial charge in [0.1, 0.15) is 0 Å². The maximum atomic E-state index is 12.2. The predicted octanol–water partition coefficient (Wildman–Crippen LogP) is 1.92. The van der Waals surface area contributed by atoms with E-state index >= 15 is 0 Å². The molecular weight excluding hydrogens is 390 g/mol. The molecule has 0 radical (unpaired) electrons. The summed E-state index contributed by atoms with van der Waals surface area (Å²) in [6.45, 7) is 0. The number of benzene rings is 1. The molecule has 0 saturated heterocycles. The Balaban J connectivity index is 1.86. The molecule has 2 aromatic heterocycles. The number of rotatable bonds is 4. The van der Waals surface area contributed by atoms with Gasteiger partial charge >= 0.3 is 5.69 Å². The Labute approximate surface area is 162 Å². The molecule has 3 aromatic rings. The number of nitrogens with zero attached hydrogens (tertiary/aromatic N) is 4. The zero-order valence-corrected chi connectivity index (χ0v) is 15.9. The van der Waals surface area contributed by atoms with Gasteiger partial charge in [-0.1, -0.05) is 41.1 Å². The Bertz CT molecular complexity index is 1150. The fraction of sp³-hybridized carbons (Fsp3) is 0.118. The minimum absolute atomic E-state index is 0.133. The van der Waals surface area contributed by atoms with Crippen LogP contribution in [-0.4, -0.2) is 25.2 Å². The highest BCUT2D eigenvalue weighted by atomic mass is 35.5. The van der Waals surface area contributed by atoms with Crippen molar-refractivity contribution in [2.45, 2.75) is 0 Å². The summed E-state index contributed by atoms with van der Waals surface area (Å²) in [6.07, 6.45) is 2.78. The van der Waals surface area contributed by atoms with Gasteiger partial charge < -0.3 is 9.88 Å². The molecule has 0 aliphatic carbocycles. The minimum atomic E-state index is -0.484. The van der Waals surface area contributed by atoms with E-state index < -0.39 is 17.2 Å². The molecule has 27 heavy (non-hydrogen) atoms. The molecule has 3 rings (SSSR count). The van der Waals surface area contributed by atoms with E-state index in [1.165, 1.54) is 30.9 Å². The van der Waals surface area contributed by atoms with Crippen molar-refractivity contribution in [2.75, 3.05) is 5.32 Å². The van der Waals surface area contributed by atoms with Crippen LogP contribution in [0, 0.1) is 0 Å². The van der Waals surface area contributed by atoms with Gasteiger partial charge in [0.25, 0.3) is 11.5 Å². The maximum absolute atomic E-state index is 12.2. The molecule has 8 nitrogen and oxygen atoms in total. The molecule has 0 unspecified atom stereocenters. The summed E-state index contributed by atoms with van der Waals surface area (Å²) in [7, 11) is 2.91. The Morgan fingerprint density at radius 2 is 1.81 bits per heavy atom. The van der Waals surface area contributed by atoms with Crippen LogP contribution in [0.2, 0.25) is 0 Å². The molecule has 0 saturated carbocycles. The van der Waals surface area contributed by atoms with E-state index in [2.05, 4.69) is 15.5 Å². The zero-order valence-electron chi connectivity index (χ0n) is 14.3. The van der Waals surface area contributed by atoms with E-state index in [9.17, 15) is 14.4 Å². The van der Waals surface area contributed by atoms with Crippen molar-refractivity contribution in [1.82, 2.24) is 19.3 Å². The van der Waals surface area contributed by atoms with Crippen LogP contribution >= 0.6 is 22.9 Å². The number of carbonyl (C=O) groups is 1. The van der Waals surface area contributed by atoms with E-state index in [0.717, 1.165) is 15.9 Å². The Morgan fingerprint density at radius 1 is 1.15 bits per heavy atom. The van der Waals surface area contributed by atoms with Gasteiger partial charge in [0, 0.05) is 26.0 Å². The van der Waals surface area contributed by atoms with Gasteiger partial charge in [-0.3, -0.25) is 14.2 Å². The van der Waals surface area contributed by atoms with Crippen LogP contribution < -0.4 is 16.6 Å². The summed E-state index contributed by atoms with van der Waals surface area (Å²) in [5.74, 6) is -0.410. The Kier molecular flexibility index (Phi) is 5.33. The summed E-state index contributed by atoms with van der Waals surface area (Å²) in [5, 5.41) is 11.0. The van der Waals surface area contributed by atoms with Crippen molar-refractivity contribution in [3.63, 3.8) is 0 Å². The molecule has 1 N–H and O–H groups in total. The van der Waals surface area contributed by atoms with Crippen molar-refractivity contribution in [1.29, 1.82) is 0 Å². The third-order valence-electron chi connectivity index (χ3n) is 3.61. The monoisotopic (exact) mass is 403 g/mol. The number of amides is 1. The lowest BCUT2D eigenvalue weighted by atomic mass is 10.3. The molecule has 0 spiro atoms. The normalized spacial score (nSPS) is 11.4. The largest absolute Gasteiger partial charge is 0.330 e. The second kappa shape index (κ2) is 7.68. The molecule has 0 aliphatic heterocycles. The number of para-hydroxylation sites is 1. The lowest BCUT2D eigenvalue weighted by Gasteiger charge is -2.03. The standard InChI is InChI=1S/C17H14ClN5O3S/c1-22-9-10(16(25)23(2)17(22)26)8-12(18)14-20-21-15(27-14)13(24)19-11-6-4-3-5-7-11/h3-9H,1-2H3,(H,19,24)/b12-8-. The second-order valence-electron chi connectivity index (χ2n) is 5.57. The zero-order chi connectivity index (χ0) is 19.6. The summed E-state index contributed by atoms with van der Waals surface area (Å²) in [5.41, 5.74) is -0.0726. The first kappa shape index (κ1) is 18.7. The molecule has 138 valence electrons. The highest BCUT2D eigenvalue weighted by Crippen LogP contribution is 2.25. The SMILES string of the molecule is Cn1cc(/C=C(\Cl)c2nnc(C(=O)Nc3ccccc3)s2)c(=O)n(C)c1=O. The topological polar surface area (TPSA) is 98.9 Å². The summed E-state index contributed by atoms with van der Waals surface area (Å²) in [6, 6.07) is 8.94. The van der Waals surface area contributed by atoms with E-state index in [1.807, 2.05) is 6.07 Å². The number of nitrogens with one attached hydrogen (secondary N) is 1. The van der Waals surface area contributed by atoms with E-state index in [0.29, 0.717) is 5.69 Å². The molecule has 0 fully saturated rings. The van der Waals surface area contributed by atoms with Crippen LogP contribution in [-0.2, 0) is 14.1 Å².